The highest BCUT2D eigenvalue weighted by atomic mass is 16.2. The molecular weight excluding hydrogens is 344 g/mol. The average Bonchev–Trinajstić information content (AvgIpc) is 2.61. The first-order chi connectivity index (χ1) is 12.9. The van der Waals surface area contributed by atoms with E-state index >= 15 is 0 Å². The zero-order chi connectivity index (χ0) is 19.1. The molecule has 2 fully saturated rings. The van der Waals surface area contributed by atoms with Gasteiger partial charge in [-0.3, -0.25) is 14.4 Å². The summed E-state index contributed by atoms with van der Waals surface area (Å²) in [6.07, 6.45) is 1.79. The minimum Gasteiger partial charge on any atom is -0.354 e. The Balaban J connectivity index is 1.52. The van der Waals surface area contributed by atoms with E-state index in [1.807, 2.05) is 13.8 Å². The average molecular weight is 368 g/mol. The van der Waals surface area contributed by atoms with Gasteiger partial charge in [-0.25, -0.2) is 4.98 Å². The van der Waals surface area contributed by atoms with Gasteiger partial charge in [0.15, 0.2) is 5.82 Å². The number of carbonyl (C=O) groups is 2. The normalized spacial score (nSPS) is 24.4. The Morgan fingerprint density at radius 1 is 1.30 bits per heavy atom. The van der Waals surface area contributed by atoms with E-state index in [1.54, 1.807) is 29.2 Å². The van der Waals surface area contributed by atoms with Gasteiger partial charge in [0, 0.05) is 25.0 Å². The maximum Gasteiger partial charge on any atom is 0.289 e. The Morgan fingerprint density at radius 3 is 2.85 bits per heavy atom. The van der Waals surface area contributed by atoms with Crippen LogP contribution in [-0.4, -0.2) is 45.8 Å². The summed E-state index contributed by atoms with van der Waals surface area (Å²) in [5.41, 5.74) is 0.203. The van der Waals surface area contributed by atoms with E-state index in [4.69, 9.17) is 0 Å². The van der Waals surface area contributed by atoms with E-state index < -0.39 is 0 Å². The molecular formula is C20H24N4O3. The molecule has 1 aromatic heterocycles. The standard InChI is InChI=1S/C20H24N4O3/c1-11(2)21-19(26)14-9-12-7-8-24(10-15(12)14)20(27)17-22-16-6-4-3-5-13(16)18(25)23-17/h3-6,11-12,14-15H,7-10H2,1-2H3,(H,21,26)(H,22,23,25)/t12-,14-,15-/m1/s1. The molecule has 7 heteroatoms. The zero-order valence-electron chi connectivity index (χ0n) is 15.6. The number of fused-ring (bicyclic) bond motifs is 2. The van der Waals surface area contributed by atoms with Gasteiger partial charge in [0.1, 0.15) is 0 Å². The molecule has 1 saturated carbocycles. The molecule has 0 spiro atoms. The lowest BCUT2D eigenvalue weighted by atomic mass is 9.61. The van der Waals surface area contributed by atoms with E-state index in [2.05, 4.69) is 15.3 Å². The van der Waals surface area contributed by atoms with Crippen molar-refractivity contribution in [3.8, 4) is 0 Å². The number of rotatable bonds is 3. The first-order valence-corrected chi connectivity index (χ1v) is 9.52. The van der Waals surface area contributed by atoms with Crippen LogP contribution in [0.4, 0.5) is 0 Å². The van der Waals surface area contributed by atoms with Gasteiger partial charge in [-0.1, -0.05) is 12.1 Å². The number of amides is 2. The lowest BCUT2D eigenvalue weighted by Crippen LogP contribution is -2.56. The van der Waals surface area contributed by atoms with Crippen molar-refractivity contribution >= 4 is 22.7 Å². The Hall–Kier alpha value is -2.70. The number of hydrogen-bond donors (Lipinski definition) is 2. The van der Waals surface area contributed by atoms with E-state index in [0.717, 1.165) is 12.8 Å². The van der Waals surface area contributed by atoms with Crippen molar-refractivity contribution in [2.75, 3.05) is 13.1 Å². The second-order valence-corrected chi connectivity index (χ2v) is 7.90. The molecule has 1 aliphatic carbocycles. The second-order valence-electron chi connectivity index (χ2n) is 7.90. The van der Waals surface area contributed by atoms with E-state index in [0.29, 0.717) is 29.9 Å². The molecule has 1 aromatic carbocycles. The Morgan fingerprint density at radius 2 is 2.07 bits per heavy atom. The number of piperidine rings is 1. The van der Waals surface area contributed by atoms with Crippen LogP contribution in [0.2, 0.25) is 0 Å². The molecule has 2 N–H and O–H groups in total. The fourth-order valence-electron chi connectivity index (χ4n) is 4.30. The zero-order valence-corrected chi connectivity index (χ0v) is 15.6. The summed E-state index contributed by atoms with van der Waals surface area (Å²) in [6, 6.07) is 7.09. The van der Waals surface area contributed by atoms with Gasteiger partial charge in [-0.15, -0.1) is 0 Å². The van der Waals surface area contributed by atoms with Crippen LogP contribution < -0.4 is 10.9 Å². The molecule has 2 aromatic rings. The lowest BCUT2D eigenvalue weighted by Gasteiger charge is -2.50. The van der Waals surface area contributed by atoms with Crippen molar-refractivity contribution in [2.45, 2.75) is 32.7 Å². The van der Waals surface area contributed by atoms with Crippen LogP contribution in [-0.2, 0) is 4.79 Å². The summed E-state index contributed by atoms with van der Waals surface area (Å²) < 4.78 is 0. The predicted molar refractivity (Wildman–Crippen MR) is 101 cm³/mol. The third-order valence-electron chi connectivity index (χ3n) is 5.75. The maximum atomic E-state index is 12.9. The minimum atomic E-state index is -0.309. The molecule has 2 aliphatic rings. The van der Waals surface area contributed by atoms with Crippen LogP contribution in [0.5, 0.6) is 0 Å². The molecule has 1 saturated heterocycles. The highest BCUT2D eigenvalue weighted by molar-refractivity contribution is 5.92. The maximum absolute atomic E-state index is 12.9. The molecule has 7 nitrogen and oxygen atoms in total. The van der Waals surface area contributed by atoms with Crippen LogP contribution in [0.1, 0.15) is 37.3 Å². The number of H-pyrrole nitrogens is 1. The van der Waals surface area contributed by atoms with E-state index in [1.165, 1.54) is 0 Å². The fraction of sp³-hybridized carbons (Fsp3) is 0.500. The molecule has 0 unspecified atom stereocenters. The molecule has 27 heavy (non-hydrogen) atoms. The molecule has 1 aliphatic heterocycles. The number of aromatic nitrogens is 2. The summed E-state index contributed by atoms with van der Waals surface area (Å²) in [5, 5.41) is 3.45. The molecule has 142 valence electrons. The Kier molecular flexibility index (Phi) is 4.45. The van der Waals surface area contributed by atoms with E-state index in [9.17, 15) is 14.4 Å². The smallest absolute Gasteiger partial charge is 0.289 e. The minimum absolute atomic E-state index is 0.0309. The van der Waals surface area contributed by atoms with Crippen LogP contribution in [0, 0.1) is 17.8 Å². The predicted octanol–water partition coefficient (Wildman–Crippen LogP) is 1.55. The van der Waals surface area contributed by atoms with Crippen molar-refractivity contribution in [3.63, 3.8) is 0 Å². The fourth-order valence-corrected chi connectivity index (χ4v) is 4.30. The number of hydrogen-bond acceptors (Lipinski definition) is 4. The number of aromatic amines is 1. The third kappa shape index (κ3) is 3.22. The van der Waals surface area contributed by atoms with Crippen LogP contribution in [0.15, 0.2) is 29.1 Å². The summed E-state index contributed by atoms with van der Waals surface area (Å²) in [5.74, 6) is 0.537. The van der Waals surface area contributed by atoms with Gasteiger partial charge >= 0.3 is 0 Å². The SMILES string of the molecule is CC(C)NC(=O)[C@@H]1C[C@H]2CCN(C(=O)c3nc4ccccc4c(=O)[nH]3)C[C@H]21. The Bertz CT molecular complexity index is 952. The first kappa shape index (κ1) is 17.7. The number of nitrogens with one attached hydrogen (secondary N) is 2. The highest BCUT2D eigenvalue weighted by Crippen LogP contribution is 2.45. The summed E-state index contributed by atoms with van der Waals surface area (Å²) in [4.78, 5) is 46.2. The van der Waals surface area contributed by atoms with Gasteiger partial charge in [0.05, 0.1) is 10.9 Å². The summed E-state index contributed by atoms with van der Waals surface area (Å²) in [7, 11) is 0. The lowest BCUT2D eigenvalue weighted by molar-refractivity contribution is -0.136. The quantitative estimate of drug-likeness (QED) is 0.859. The van der Waals surface area contributed by atoms with Crippen LogP contribution >= 0.6 is 0 Å². The molecule has 4 rings (SSSR count). The van der Waals surface area contributed by atoms with Crippen molar-refractivity contribution in [3.05, 3.63) is 40.4 Å². The van der Waals surface area contributed by atoms with Crippen molar-refractivity contribution < 1.29 is 9.59 Å². The van der Waals surface area contributed by atoms with Crippen LogP contribution in [0.25, 0.3) is 10.9 Å². The number of likely N-dealkylation sites (tertiary alicyclic amines) is 1. The van der Waals surface area contributed by atoms with Crippen molar-refractivity contribution in [2.24, 2.45) is 17.8 Å². The Labute approximate surface area is 157 Å². The number of nitrogens with zero attached hydrogens (tertiary/aromatic N) is 2. The largest absolute Gasteiger partial charge is 0.354 e. The molecule has 0 radical (unpaired) electrons. The molecule has 2 amide bonds. The number of benzene rings is 1. The topological polar surface area (TPSA) is 95.2 Å². The molecule has 2 heterocycles. The summed E-state index contributed by atoms with van der Waals surface area (Å²) in [6.45, 7) is 5.07. The third-order valence-corrected chi connectivity index (χ3v) is 5.75. The van der Waals surface area contributed by atoms with Crippen molar-refractivity contribution in [1.29, 1.82) is 0 Å². The van der Waals surface area contributed by atoms with Gasteiger partial charge in [-0.2, -0.15) is 0 Å². The van der Waals surface area contributed by atoms with Gasteiger partial charge in [0.2, 0.25) is 5.91 Å². The van der Waals surface area contributed by atoms with Gasteiger partial charge in [-0.05, 0) is 50.7 Å². The number of para-hydroxylation sites is 1. The van der Waals surface area contributed by atoms with Gasteiger partial charge < -0.3 is 15.2 Å². The molecule has 0 bridgehead atoms. The number of carbonyl (C=O) groups excluding carboxylic acids is 2. The second kappa shape index (κ2) is 6.79. The molecule has 3 atom stereocenters. The van der Waals surface area contributed by atoms with Crippen LogP contribution in [0.3, 0.4) is 0 Å². The highest BCUT2D eigenvalue weighted by Gasteiger charge is 2.48. The summed E-state index contributed by atoms with van der Waals surface area (Å²) >= 11 is 0. The van der Waals surface area contributed by atoms with E-state index in [-0.39, 0.29) is 41.1 Å². The van der Waals surface area contributed by atoms with Crippen molar-refractivity contribution in [1.82, 2.24) is 20.2 Å². The first-order valence-electron chi connectivity index (χ1n) is 9.52. The van der Waals surface area contributed by atoms with Gasteiger partial charge in [0.25, 0.3) is 11.5 Å². The monoisotopic (exact) mass is 368 g/mol.